The van der Waals surface area contributed by atoms with Crippen LogP contribution in [0.15, 0.2) is 59.5 Å². The summed E-state index contributed by atoms with van der Waals surface area (Å²) in [7, 11) is -2.26. The summed E-state index contributed by atoms with van der Waals surface area (Å²) in [5.74, 6) is -0.367. The van der Waals surface area contributed by atoms with Crippen molar-refractivity contribution in [3.05, 3.63) is 65.7 Å². The summed E-state index contributed by atoms with van der Waals surface area (Å²) in [6.45, 7) is 2.53. The number of hydrogen-bond donors (Lipinski definition) is 1. The average molecular weight is 376 g/mol. The third kappa shape index (κ3) is 5.66. The van der Waals surface area contributed by atoms with E-state index in [2.05, 4.69) is 5.32 Å². The molecule has 2 aromatic carbocycles. The summed E-state index contributed by atoms with van der Waals surface area (Å²) >= 11 is 0. The zero-order valence-electron chi connectivity index (χ0n) is 15.0. The number of hydrogen-bond acceptors (Lipinski definition) is 4. The molecule has 7 heteroatoms. The van der Waals surface area contributed by atoms with Crippen LogP contribution in [0.2, 0.25) is 0 Å². The standard InChI is InChI=1S/C19H24N2O4S/c1-16-8-10-17(11-9-16)14-21(15-19(22)20-12-13-25-2)26(23,24)18-6-4-3-5-7-18/h3-11H,12-15H2,1-2H3,(H,20,22). The van der Waals surface area contributed by atoms with Crippen LogP contribution in [-0.4, -0.2) is 45.4 Å². The number of aryl methyl sites for hydroxylation is 1. The second-order valence-electron chi connectivity index (χ2n) is 5.91. The molecule has 2 rings (SSSR count). The average Bonchev–Trinajstić information content (AvgIpc) is 2.64. The number of carbonyl (C=O) groups excluding carboxylic acids is 1. The fourth-order valence-corrected chi connectivity index (χ4v) is 3.78. The fourth-order valence-electron chi connectivity index (χ4n) is 2.37. The first kappa shape index (κ1) is 20.1. The van der Waals surface area contributed by atoms with Gasteiger partial charge in [0.25, 0.3) is 0 Å². The van der Waals surface area contributed by atoms with Gasteiger partial charge in [0, 0.05) is 20.2 Å². The maximum Gasteiger partial charge on any atom is 0.243 e. The zero-order chi connectivity index (χ0) is 19.0. The largest absolute Gasteiger partial charge is 0.383 e. The Hall–Kier alpha value is -2.22. The Morgan fingerprint density at radius 1 is 1.08 bits per heavy atom. The lowest BCUT2D eigenvalue weighted by Gasteiger charge is -2.22. The van der Waals surface area contributed by atoms with Gasteiger partial charge in [0.15, 0.2) is 0 Å². The lowest BCUT2D eigenvalue weighted by atomic mass is 10.1. The van der Waals surface area contributed by atoms with Gasteiger partial charge in [-0.1, -0.05) is 48.0 Å². The number of sulfonamides is 1. The molecular formula is C19H24N2O4S. The van der Waals surface area contributed by atoms with Crippen molar-refractivity contribution in [1.29, 1.82) is 0 Å². The molecule has 2 aromatic rings. The van der Waals surface area contributed by atoms with Crippen molar-refractivity contribution in [2.45, 2.75) is 18.4 Å². The first-order valence-electron chi connectivity index (χ1n) is 8.30. The van der Waals surface area contributed by atoms with Gasteiger partial charge in [0.2, 0.25) is 15.9 Å². The van der Waals surface area contributed by atoms with Crippen molar-refractivity contribution in [3.8, 4) is 0 Å². The van der Waals surface area contributed by atoms with E-state index in [0.717, 1.165) is 11.1 Å². The van der Waals surface area contributed by atoms with Crippen molar-refractivity contribution >= 4 is 15.9 Å². The third-order valence-electron chi connectivity index (χ3n) is 3.81. The highest BCUT2D eigenvalue weighted by molar-refractivity contribution is 7.89. The van der Waals surface area contributed by atoms with Crippen LogP contribution >= 0.6 is 0 Å². The minimum absolute atomic E-state index is 0.120. The van der Waals surface area contributed by atoms with E-state index in [4.69, 9.17) is 4.74 Å². The molecular weight excluding hydrogens is 352 g/mol. The van der Waals surface area contributed by atoms with Crippen LogP contribution in [0.4, 0.5) is 0 Å². The lowest BCUT2D eigenvalue weighted by Crippen LogP contribution is -2.41. The Morgan fingerprint density at radius 2 is 1.73 bits per heavy atom. The molecule has 0 heterocycles. The Labute approximate surface area is 154 Å². The van der Waals surface area contributed by atoms with Crippen molar-refractivity contribution in [1.82, 2.24) is 9.62 Å². The van der Waals surface area contributed by atoms with E-state index in [1.54, 1.807) is 18.2 Å². The van der Waals surface area contributed by atoms with Crippen molar-refractivity contribution in [2.75, 3.05) is 26.8 Å². The number of rotatable bonds is 9. The maximum absolute atomic E-state index is 13.0. The predicted octanol–water partition coefficient (Wildman–Crippen LogP) is 1.95. The van der Waals surface area contributed by atoms with Gasteiger partial charge in [-0.05, 0) is 24.6 Å². The van der Waals surface area contributed by atoms with Gasteiger partial charge in [-0.2, -0.15) is 4.31 Å². The summed E-state index contributed by atoms with van der Waals surface area (Å²) in [5, 5.41) is 2.66. The lowest BCUT2D eigenvalue weighted by molar-refractivity contribution is -0.121. The third-order valence-corrected chi connectivity index (χ3v) is 5.61. The van der Waals surface area contributed by atoms with E-state index < -0.39 is 10.0 Å². The van der Waals surface area contributed by atoms with E-state index in [0.29, 0.717) is 13.2 Å². The summed E-state index contributed by atoms with van der Waals surface area (Å²) in [4.78, 5) is 12.3. The monoisotopic (exact) mass is 376 g/mol. The minimum atomic E-state index is -3.79. The van der Waals surface area contributed by atoms with Crippen LogP contribution in [-0.2, 0) is 26.1 Å². The molecule has 0 aliphatic heterocycles. The van der Waals surface area contributed by atoms with Crippen molar-refractivity contribution in [3.63, 3.8) is 0 Å². The summed E-state index contributed by atoms with van der Waals surface area (Å²) in [6.07, 6.45) is 0. The van der Waals surface area contributed by atoms with Crippen LogP contribution in [0.1, 0.15) is 11.1 Å². The van der Waals surface area contributed by atoms with E-state index in [9.17, 15) is 13.2 Å². The topological polar surface area (TPSA) is 75.7 Å². The molecule has 1 N–H and O–H groups in total. The molecule has 0 aliphatic rings. The van der Waals surface area contributed by atoms with Gasteiger partial charge < -0.3 is 10.1 Å². The van der Waals surface area contributed by atoms with Crippen LogP contribution in [0.25, 0.3) is 0 Å². The second kappa shape index (κ2) is 9.47. The Morgan fingerprint density at radius 3 is 2.35 bits per heavy atom. The van der Waals surface area contributed by atoms with Crippen LogP contribution < -0.4 is 5.32 Å². The van der Waals surface area contributed by atoms with Gasteiger partial charge in [-0.25, -0.2) is 8.42 Å². The van der Waals surface area contributed by atoms with E-state index in [1.165, 1.54) is 23.5 Å². The summed E-state index contributed by atoms with van der Waals surface area (Å²) in [6, 6.07) is 15.7. The molecule has 0 fully saturated rings. The Kier molecular flexibility index (Phi) is 7.32. The predicted molar refractivity (Wildman–Crippen MR) is 100 cm³/mol. The fraction of sp³-hybridized carbons (Fsp3) is 0.316. The van der Waals surface area contributed by atoms with Gasteiger partial charge in [0.05, 0.1) is 18.0 Å². The number of nitrogens with zero attached hydrogens (tertiary/aromatic N) is 1. The highest BCUT2D eigenvalue weighted by Crippen LogP contribution is 2.18. The highest BCUT2D eigenvalue weighted by Gasteiger charge is 2.26. The summed E-state index contributed by atoms with van der Waals surface area (Å²) in [5.41, 5.74) is 1.91. The number of ether oxygens (including phenoxy) is 1. The second-order valence-corrected chi connectivity index (χ2v) is 7.85. The van der Waals surface area contributed by atoms with Crippen LogP contribution in [0.3, 0.4) is 0 Å². The van der Waals surface area contributed by atoms with Crippen molar-refractivity contribution in [2.24, 2.45) is 0 Å². The first-order valence-corrected chi connectivity index (χ1v) is 9.74. The number of carbonyl (C=O) groups is 1. The van der Waals surface area contributed by atoms with Crippen LogP contribution in [0.5, 0.6) is 0 Å². The normalized spacial score (nSPS) is 11.5. The number of methoxy groups -OCH3 is 1. The molecule has 0 radical (unpaired) electrons. The molecule has 0 saturated carbocycles. The molecule has 0 saturated heterocycles. The van der Waals surface area contributed by atoms with E-state index in [1.807, 2.05) is 31.2 Å². The number of nitrogens with one attached hydrogen (secondary N) is 1. The number of benzene rings is 2. The Balaban J connectivity index is 2.23. The van der Waals surface area contributed by atoms with E-state index in [-0.39, 0.29) is 23.9 Å². The SMILES string of the molecule is COCCNC(=O)CN(Cc1ccc(C)cc1)S(=O)(=O)c1ccccc1. The molecule has 0 unspecified atom stereocenters. The van der Waals surface area contributed by atoms with Crippen molar-refractivity contribution < 1.29 is 17.9 Å². The van der Waals surface area contributed by atoms with Gasteiger partial charge in [-0.3, -0.25) is 4.79 Å². The first-order chi connectivity index (χ1) is 12.4. The maximum atomic E-state index is 13.0. The molecule has 1 amide bonds. The van der Waals surface area contributed by atoms with Crippen LogP contribution in [0, 0.1) is 6.92 Å². The molecule has 0 atom stereocenters. The molecule has 6 nitrogen and oxygen atoms in total. The summed E-state index contributed by atoms with van der Waals surface area (Å²) < 4.78 is 32.1. The van der Waals surface area contributed by atoms with Gasteiger partial charge in [-0.15, -0.1) is 0 Å². The molecule has 0 aromatic heterocycles. The highest BCUT2D eigenvalue weighted by atomic mass is 32.2. The van der Waals surface area contributed by atoms with Gasteiger partial charge >= 0.3 is 0 Å². The zero-order valence-corrected chi connectivity index (χ0v) is 15.8. The molecule has 140 valence electrons. The molecule has 0 spiro atoms. The molecule has 0 bridgehead atoms. The molecule has 0 aliphatic carbocycles. The van der Waals surface area contributed by atoms with Gasteiger partial charge in [0.1, 0.15) is 0 Å². The number of amides is 1. The van der Waals surface area contributed by atoms with E-state index >= 15 is 0 Å². The minimum Gasteiger partial charge on any atom is -0.383 e. The Bertz CT molecular complexity index is 805. The quantitative estimate of drug-likeness (QED) is 0.679. The molecule has 26 heavy (non-hydrogen) atoms. The smallest absolute Gasteiger partial charge is 0.243 e.